The van der Waals surface area contributed by atoms with Crippen LogP contribution in [0.25, 0.3) is 17.2 Å². The van der Waals surface area contributed by atoms with Gasteiger partial charge in [-0.1, -0.05) is 19.1 Å². The third-order valence-corrected chi connectivity index (χ3v) is 6.89. The zero-order valence-electron chi connectivity index (χ0n) is 22.2. The first-order chi connectivity index (χ1) is 18.4. The molecule has 1 saturated carbocycles. The lowest BCUT2D eigenvalue weighted by Crippen LogP contribution is -2.46. The Hall–Kier alpha value is -3.54. The second-order valence-corrected chi connectivity index (χ2v) is 9.69. The van der Waals surface area contributed by atoms with Crippen molar-refractivity contribution in [2.24, 2.45) is 11.5 Å². The Morgan fingerprint density at radius 2 is 1.97 bits per heavy atom. The van der Waals surface area contributed by atoms with Gasteiger partial charge in [0, 0.05) is 61.8 Å². The molecule has 4 rings (SSSR count). The highest BCUT2D eigenvalue weighted by Crippen LogP contribution is 2.33. The molecule has 11 heteroatoms. The molecule has 1 aromatic carbocycles. The number of hydrogen-bond donors (Lipinski definition) is 4. The highest BCUT2D eigenvalue weighted by Gasteiger charge is 2.27. The summed E-state index contributed by atoms with van der Waals surface area (Å²) >= 11 is 0. The normalized spacial score (nSPS) is 17.1. The maximum atomic E-state index is 13.5. The lowest BCUT2D eigenvalue weighted by molar-refractivity contribution is -0.181. The molecule has 0 radical (unpaired) electrons. The maximum absolute atomic E-state index is 13.5. The highest BCUT2D eigenvalue weighted by atomic mass is 16.7. The van der Waals surface area contributed by atoms with Gasteiger partial charge in [-0.3, -0.25) is 9.63 Å². The minimum atomic E-state index is -0.405. The number of aromatic nitrogens is 2. The number of nitrogens with zero attached hydrogens (tertiary/aromatic N) is 4. The number of amides is 3. The molecule has 1 atom stereocenters. The Kier molecular flexibility index (Phi) is 9.27. The van der Waals surface area contributed by atoms with Crippen LogP contribution in [0.1, 0.15) is 50.4 Å². The van der Waals surface area contributed by atoms with Crippen LogP contribution in [0.15, 0.2) is 36.2 Å². The lowest BCUT2D eigenvalue weighted by atomic mass is 9.93. The number of anilines is 1. The molecule has 38 heavy (non-hydrogen) atoms. The number of carbonyl (C=O) groups is 2. The monoisotopic (exact) mass is 522 g/mol. The molecule has 6 N–H and O–H groups in total. The standard InChI is InChI=1S/C27H38N8O3/c1-3-10-35(38-11-9-30-27(37)33-22-5-4-6-22)26(36)20-12-19-8-7-18(13-23(19)34(2)24(29)14-20)21-16-31-25(15-28)32-17-21/h7-8,12-13,16-17,22,24H,3-6,9-11,14-15,28-29H2,1-2H3,(H2,30,33,37). The molecule has 0 spiro atoms. The highest BCUT2D eigenvalue weighted by molar-refractivity contribution is 5.99. The molecular weight excluding hydrogens is 484 g/mol. The summed E-state index contributed by atoms with van der Waals surface area (Å²) in [7, 11) is 1.92. The molecule has 3 amide bonds. The number of carbonyl (C=O) groups excluding carboxylic acids is 2. The third-order valence-electron chi connectivity index (χ3n) is 6.89. The van der Waals surface area contributed by atoms with E-state index in [0.29, 0.717) is 30.9 Å². The first kappa shape index (κ1) is 27.5. The van der Waals surface area contributed by atoms with Gasteiger partial charge in [0.05, 0.1) is 19.3 Å². The molecular formula is C27H38N8O3. The van der Waals surface area contributed by atoms with Crippen molar-refractivity contribution in [3.63, 3.8) is 0 Å². The fraction of sp³-hybridized carbons (Fsp3) is 0.481. The van der Waals surface area contributed by atoms with E-state index in [1.807, 2.05) is 43.1 Å². The van der Waals surface area contributed by atoms with Gasteiger partial charge in [-0.25, -0.2) is 19.8 Å². The number of benzene rings is 1. The van der Waals surface area contributed by atoms with Crippen molar-refractivity contribution < 1.29 is 14.4 Å². The van der Waals surface area contributed by atoms with E-state index in [-0.39, 0.29) is 31.1 Å². The first-order valence-corrected chi connectivity index (χ1v) is 13.2. The van der Waals surface area contributed by atoms with E-state index in [9.17, 15) is 9.59 Å². The van der Waals surface area contributed by atoms with Gasteiger partial charge in [0.25, 0.3) is 5.91 Å². The molecule has 2 aromatic rings. The van der Waals surface area contributed by atoms with Crippen molar-refractivity contribution in [3.8, 4) is 11.1 Å². The van der Waals surface area contributed by atoms with E-state index in [2.05, 4.69) is 20.6 Å². The van der Waals surface area contributed by atoms with Crippen LogP contribution in [0.3, 0.4) is 0 Å². The van der Waals surface area contributed by atoms with Gasteiger partial charge in [0.2, 0.25) is 0 Å². The molecule has 2 heterocycles. The minimum absolute atomic E-state index is 0.189. The van der Waals surface area contributed by atoms with Gasteiger partial charge in [0.1, 0.15) is 5.82 Å². The average molecular weight is 523 g/mol. The van der Waals surface area contributed by atoms with Crippen molar-refractivity contribution in [2.45, 2.75) is 57.8 Å². The summed E-state index contributed by atoms with van der Waals surface area (Å²) in [5.74, 6) is 0.359. The predicted octanol–water partition coefficient (Wildman–Crippen LogP) is 2.13. The van der Waals surface area contributed by atoms with E-state index in [0.717, 1.165) is 48.1 Å². The first-order valence-electron chi connectivity index (χ1n) is 13.2. The Labute approximate surface area is 223 Å². The molecule has 204 valence electrons. The topological polar surface area (TPSA) is 152 Å². The van der Waals surface area contributed by atoms with Crippen molar-refractivity contribution in [2.75, 3.05) is 31.6 Å². The van der Waals surface area contributed by atoms with Crippen LogP contribution in [0.5, 0.6) is 0 Å². The number of hydroxylamine groups is 2. The van der Waals surface area contributed by atoms with Crippen LogP contribution in [0.4, 0.5) is 10.5 Å². The van der Waals surface area contributed by atoms with Gasteiger partial charge in [0.15, 0.2) is 0 Å². The van der Waals surface area contributed by atoms with Gasteiger partial charge in [-0.15, -0.1) is 0 Å². The summed E-state index contributed by atoms with van der Waals surface area (Å²) in [5, 5.41) is 7.09. The summed E-state index contributed by atoms with van der Waals surface area (Å²) in [6.45, 7) is 3.19. The Bertz CT molecular complexity index is 1150. The van der Waals surface area contributed by atoms with Crippen LogP contribution in [-0.4, -0.2) is 65.9 Å². The number of urea groups is 1. The van der Waals surface area contributed by atoms with Crippen LogP contribution in [0.2, 0.25) is 0 Å². The molecule has 1 aliphatic carbocycles. The number of rotatable bonds is 10. The quantitative estimate of drug-likeness (QED) is 0.274. The van der Waals surface area contributed by atoms with Crippen molar-refractivity contribution >= 4 is 23.7 Å². The Balaban J connectivity index is 1.45. The van der Waals surface area contributed by atoms with E-state index >= 15 is 0 Å². The Morgan fingerprint density at radius 1 is 1.21 bits per heavy atom. The average Bonchev–Trinajstić information content (AvgIpc) is 3.03. The number of nitrogens with two attached hydrogens (primary N) is 2. The van der Waals surface area contributed by atoms with E-state index in [1.54, 1.807) is 12.4 Å². The van der Waals surface area contributed by atoms with Crippen molar-refractivity contribution in [1.82, 2.24) is 25.7 Å². The smallest absolute Gasteiger partial charge is 0.315 e. The van der Waals surface area contributed by atoms with Crippen molar-refractivity contribution in [3.05, 3.63) is 47.6 Å². The van der Waals surface area contributed by atoms with Gasteiger partial charge in [-0.05, 0) is 49.0 Å². The van der Waals surface area contributed by atoms with E-state index in [4.69, 9.17) is 16.3 Å². The van der Waals surface area contributed by atoms with E-state index in [1.165, 1.54) is 5.06 Å². The maximum Gasteiger partial charge on any atom is 0.315 e. The molecule has 1 unspecified atom stereocenters. The summed E-state index contributed by atoms with van der Waals surface area (Å²) in [6.07, 6.45) is 9.28. The van der Waals surface area contributed by atoms with Crippen LogP contribution in [0, 0.1) is 0 Å². The lowest BCUT2D eigenvalue weighted by Gasteiger charge is -2.28. The zero-order valence-corrected chi connectivity index (χ0v) is 22.2. The molecule has 11 nitrogen and oxygen atoms in total. The largest absolute Gasteiger partial charge is 0.358 e. The van der Waals surface area contributed by atoms with Crippen molar-refractivity contribution in [1.29, 1.82) is 0 Å². The summed E-state index contributed by atoms with van der Waals surface area (Å²) < 4.78 is 0. The van der Waals surface area contributed by atoms with E-state index < -0.39 is 6.17 Å². The van der Waals surface area contributed by atoms with Crippen LogP contribution < -0.4 is 27.0 Å². The van der Waals surface area contributed by atoms with Gasteiger partial charge >= 0.3 is 6.03 Å². The fourth-order valence-corrected chi connectivity index (χ4v) is 4.39. The van der Waals surface area contributed by atoms with Gasteiger partial charge in [-0.2, -0.15) is 0 Å². The molecule has 0 saturated heterocycles. The summed E-state index contributed by atoms with van der Waals surface area (Å²) in [4.78, 5) is 41.8. The Morgan fingerprint density at radius 3 is 2.63 bits per heavy atom. The molecule has 2 aliphatic rings. The van der Waals surface area contributed by atoms with Crippen LogP contribution in [-0.2, 0) is 16.2 Å². The zero-order chi connectivity index (χ0) is 27.1. The number of hydrogen-bond acceptors (Lipinski definition) is 8. The van der Waals surface area contributed by atoms with Gasteiger partial charge < -0.3 is 27.0 Å². The molecule has 0 bridgehead atoms. The third kappa shape index (κ3) is 6.66. The fourth-order valence-electron chi connectivity index (χ4n) is 4.39. The SMILES string of the molecule is CCCN(OCCNC(=O)NC1CCC1)C(=O)C1=Cc2ccc(-c3cnc(CN)nc3)cc2N(C)C(N)C1. The predicted molar refractivity (Wildman–Crippen MR) is 146 cm³/mol. The molecule has 1 aliphatic heterocycles. The summed E-state index contributed by atoms with van der Waals surface area (Å²) in [5.41, 5.74) is 16.3. The second-order valence-electron chi connectivity index (χ2n) is 9.69. The molecule has 1 aromatic heterocycles. The minimum Gasteiger partial charge on any atom is -0.358 e. The summed E-state index contributed by atoms with van der Waals surface area (Å²) in [6, 6.07) is 6.04. The number of fused-ring (bicyclic) bond motifs is 1. The van der Waals surface area contributed by atoms with Crippen LogP contribution >= 0.6 is 0 Å². The second kappa shape index (κ2) is 12.8. The molecule has 1 fully saturated rings. The number of nitrogens with one attached hydrogen (secondary N) is 2.